The monoisotopic (exact) mass is 385 g/mol. The third kappa shape index (κ3) is 4.39. The molecule has 2 aromatic carbocycles. The van der Waals surface area contributed by atoms with Crippen molar-refractivity contribution in [2.75, 3.05) is 26.4 Å². The molecular formula is C21H23NO4S. The minimum Gasteiger partial charge on any atom is -0.485 e. The van der Waals surface area contributed by atoms with Crippen LogP contribution in [0.15, 0.2) is 59.5 Å². The molecule has 2 aliphatic heterocycles. The lowest BCUT2D eigenvalue weighted by atomic mass is 9.99. The largest absolute Gasteiger partial charge is 0.485 e. The molecule has 27 heavy (non-hydrogen) atoms. The van der Waals surface area contributed by atoms with Crippen molar-refractivity contribution < 1.29 is 19.0 Å². The Morgan fingerprint density at radius 3 is 2.52 bits per heavy atom. The number of carbonyl (C=O) groups is 1. The van der Waals surface area contributed by atoms with Gasteiger partial charge in [0, 0.05) is 29.4 Å². The Hall–Kier alpha value is -2.18. The quantitative estimate of drug-likeness (QED) is 0.856. The van der Waals surface area contributed by atoms with Crippen molar-refractivity contribution in [3.63, 3.8) is 0 Å². The van der Waals surface area contributed by atoms with E-state index >= 15 is 0 Å². The number of carbonyl (C=O) groups excluding carboxylic acids is 1. The molecule has 1 unspecified atom stereocenters. The average Bonchev–Trinajstić information content (AvgIpc) is 2.73. The topological polar surface area (TPSA) is 56.8 Å². The van der Waals surface area contributed by atoms with Crippen LogP contribution in [0.1, 0.15) is 12.8 Å². The van der Waals surface area contributed by atoms with Crippen molar-refractivity contribution in [2.45, 2.75) is 28.6 Å². The van der Waals surface area contributed by atoms with E-state index in [1.165, 1.54) is 4.90 Å². The lowest BCUT2D eigenvalue weighted by molar-refractivity contribution is -0.130. The van der Waals surface area contributed by atoms with Gasteiger partial charge in [-0.25, -0.2) is 0 Å². The van der Waals surface area contributed by atoms with Crippen molar-refractivity contribution in [3.8, 4) is 11.5 Å². The number of fused-ring (bicyclic) bond motifs is 1. The third-order valence-corrected chi connectivity index (χ3v) is 6.36. The highest BCUT2D eigenvalue weighted by Gasteiger charge is 2.36. The van der Waals surface area contributed by atoms with Crippen molar-refractivity contribution in [2.24, 2.45) is 0 Å². The zero-order valence-electron chi connectivity index (χ0n) is 15.1. The maximum atomic E-state index is 12.7. The van der Waals surface area contributed by atoms with E-state index in [2.05, 4.69) is 17.4 Å². The summed E-state index contributed by atoms with van der Waals surface area (Å²) in [6, 6.07) is 17.7. The minimum absolute atomic E-state index is 0.0668. The van der Waals surface area contributed by atoms with Gasteiger partial charge in [-0.05, 0) is 37.1 Å². The van der Waals surface area contributed by atoms with E-state index < -0.39 is 6.10 Å². The summed E-state index contributed by atoms with van der Waals surface area (Å²) in [6.45, 7) is 2.24. The van der Waals surface area contributed by atoms with Gasteiger partial charge in [0.05, 0.1) is 0 Å². The first kappa shape index (κ1) is 18.2. The summed E-state index contributed by atoms with van der Waals surface area (Å²) in [7, 11) is 0. The fraction of sp³-hybridized carbons (Fsp3) is 0.381. The van der Waals surface area contributed by atoms with Gasteiger partial charge >= 0.3 is 0 Å². The zero-order chi connectivity index (χ0) is 18.5. The van der Waals surface area contributed by atoms with Crippen LogP contribution in [0.25, 0.3) is 0 Å². The van der Waals surface area contributed by atoms with Gasteiger partial charge in [-0.3, -0.25) is 4.79 Å². The third-order valence-electron chi connectivity index (χ3n) is 4.87. The Labute approximate surface area is 163 Å². The van der Waals surface area contributed by atoms with Crippen molar-refractivity contribution in [1.82, 2.24) is 5.32 Å². The normalized spacial score (nSPS) is 20.7. The predicted octanol–water partition coefficient (Wildman–Crippen LogP) is 3.28. The minimum atomic E-state index is -0.626. The van der Waals surface area contributed by atoms with Crippen LogP contribution in [0.4, 0.5) is 0 Å². The van der Waals surface area contributed by atoms with Crippen LogP contribution in [0.5, 0.6) is 11.5 Å². The number of thioether (sulfide) groups is 1. The van der Waals surface area contributed by atoms with Crippen LogP contribution >= 0.6 is 11.8 Å². The van der Waals surface area contributed by atoms with Gasteiger partial charge in [0.25, 0.3) is 5.91 Å². The number of ether oxygens (including phenoxy) is 3. The Kier molecular flexibility index (Phi) is 5.55. The summed E-state index contributed by atoms with van der Waals surface area (Å²) >= 11 is 1.82. The number of para-hydroxylation sites is 2. The standard InChI is InChI=1S/C21H23NO4S/c23-20(19-14-25-17-8-4-5-9-18(17)26-19)22-15-21(10-12-24-13-11-21)27-16-6-2-1-3-7-16/h1-9,19H,10-15H2,(H,22,23). The summed E-state index contributed by atoms with van der Waals surface area (Å²) in [4.78, 5) is 13.9. The molecule has 1 N–H and O–H groups in total. The van der Waals surface area contributed by atoms with Crippen LogP contribution in [0.3, 0.4) is 0 Å². The lowest BCUT2D eigenvalue weighted by Gasteiger charge is -2.37. The second-order valence-electron chi connectivity index (χ2n) is 6.79. The van der Waals surface area contributed by atoms with Crippen LogP contribution < -0.4 is 14.8 Å². The molecule has 0 aromatic heterocycles. The van der Waals surface area contributed by atoms with E-state index in [4.69, 9.17) is 14.2 Å². The molecule has 5 nitrogen and oxygen atoms in total. The van der Waals surface area contributed by atoms with Gasteiger partial charge in [-0.2, -0.15) is 0 Å². The Bertz CT molecular complexity index is 777. The highest BCUT2D eigenvalue weighted by atomic mass is 32.2. The van der Waals surface area contributed by atoms with Gasteiger partial charge < -0.3 is 19.5 Å². The molecule has 4 rings (SSSR count). The van der Waals surface area contributed by atoms with Crippen LogP contribution in [0.2, 0.25) is 0 Å². The summed E-state index contributed by atoms with van der Waals surface area (Å²) in [6.07, 6.45) is 1.17. The van der Waals surface area contributed by atoms with Crippen molar-refractivity contribution >= 4 is 17.7 Å². The molecular weight excluding hydrogens is 362 g/mol. The summed E-state index contributed by atoms with van der Waals surface area (Å²) in [5.74, 6) is 1.16. The van der Waals surface area contributed by atoms with Crippen LogP contribution in [0, 0.1) is 0 Å². The maximum absolute atomic E-state index is 12.7. The average molecular weight is 385 g/mol. The number of nitrogens with one attached hydrogen (secondary N) is 1. The van der Waals surface area contributed by atoms with E-state index in [9.17, 15) is 4.79 Å². The fourth-order valence-corrected chi connectivity index (χ4v) is 4.62. The molecule has 6 heteroatoms. The van der Waals surface area contributed by atoms with Crippen molar-refractivity contribution in [1.29, 1.82) is 0 Å². The number of amides is 1. The van der Waals surface area contributed by atoms with Gasteiger partial charge in [-0.15, -0.1) is 11.8 Å². The Morgan fingerprint density at radius 2 is 1.74 bits per heavy atom. The molecule has 142 valence electrons. The van der Waals surface area contributed by atoms with E-state index in [0.717, 1.165) is 12.8 Å². The summed E-state index contributed by atoms with van der Waals surface area (Å²) < 4.78 is 17.0. The van der Waals surface area contributed by atoms with E-state index in [-0.39, 0.29) is 17.3 Å². The lowest BCUT2D eigenvalue weighted by Crippen LogP contribution is -2.50. The molecule has 1 atom stereocenters. The molecule has 0 spiro atoms. The smallest absolute Gasteiger partial charge is 0.264 e. The molecule has 2 heterocycles. The first-order chi connectivity index (χ1) is 13.2. The van der Waals surface area contributed by atoms with Crippen LogP contribution in [-0.2, 0) is 9.53 Å². The molecule has 0 bridgehead atoms. The molecule has 1 saturated heterocycles. The van der Waals surface area contributed by atoms with Crippen molar-refractivity contribution in [3.05, 3.63) is 54.6 Å². The first-order valence-corrected chi connectivity index (χ1v) is 10.0. The van der Waals surface area contributed by atoms with E-state index in [1.54, 1.807) is 0 Å². The number of benzene rings is 2. The SMILES string of the molecule is O=C(NCC1(Sc2ccccc2)CCOCC1)C1COc2ccccc2O1. The maximum Gasteiger partial charge on any atom is 0.264 e. The molecule has 0 saturated carbocycles. The Balaban J connectivity index is 1.40. The van der Waals surface area contributed by atoms with Crippen LogP contribution in [-0.4, -0.2) is 43.1 Å². The first-order valence-electron chi connectivity index (χ1n) is 9.22. The molecule has 2 aliphatic rings. The van der Waals surface area contributed by atoms with E-state index in [1.807, 2.05) is 54.2 Å². The Morgan fingerprint density at radius 1 is 1.04 bits per heavy atom. The fourth-order valence-electron chi connectivity index (χ4n) is 3.31. The number of rotatable bonds is 5. The van der Waals surface area contributed by atoms with E-state index in [0.29, 0.717) is 31.3 Å². The second kappa shape index (κ2) is 8.23. The molecule has 1 fully saturated rings. The summed E-state index contributed by atoms with van der Waals surface area (Å²) in [5.41, 5.74) is 0. The highest BCUT2D eigenvalue weighted by molar-refractivity contribution is 8.00. The highest BCUT2D eigenvalue weighted by Crippen LogP contribution is 2.40. The number of hydrogen-bond acceptors (Lipinski definition) is 5. The second-order valence-corrected chi connectivity index (χ2v) is 8.33. The molecule has 0 aliphatic carbocycles. The van der Waals surface area contributed by atoms with Gasteiger partial charge in [0.1, 0.15) is 6.61 Å². The molecule has 0 radical (unpaired) electrons. The molecule has 1 amide bonds. The zero-order valence-corrected chi connectivity index (χ0v) is 15.9. The van der Waals surface area contributed by atoms with Gasteiger partial charge in [0.15, 0.2) is 11.5 Å². The number of hydrogen-bond donors (Lipinski definition) is 1. The van der Waals surface area contributed by atoms with Gasteiger partial charge in [0.2, 0.25) is 6.10 Å². The summed E-state index contributed by atoms with van der Waals surface area (Å²) in [5, 5.41) is 3.09. The molecule has 2 aromatic rings. The van der Waals surface area contributed by atoms with Gasteiger partial charge in [-0.1, -0.05) is 30.3 Å². The predicted molar refractivity (Wildman–Crippen MR) is 104 cm³/mol.